The van der Waals surface area contributed by atoms with Gasteiger partial charge in [0.1, 0.15) is 11.5 Å². The van der Waals surface area contributed by atoms with Crippen LogP contribution in [0.4, 0.5) is 10.5 Å². The highest BCUT2D eigenvalue weighted by Crippen LogP contribution is 2.46. The van der Waals surface area contributed by atoms with Gasteiger partial charge in [0.2, 0.25) is 0 Å². The van der Waals surface area contributed by atoms with Crippen LogP contribution >= 0.6 is 23.2 Å². The number of hydrogen-bond acceptors (Lipinski definition) is 4. The predicted molar refractivity (Wildman–Crippen MR) is 136 cm³/mol. The largest absolute Gasteiger partial charge is 0.373 e. The molecule has 182 valence electrons. The molecular formula is C27H27Cl2N3O3. The number of hydrogen-bond donors (Lipinski definition) is 1. The Morgan fingerprint density at radius 1 is 1.00 bits per heavy atom. The van der Waals surface area contributed by atoms with Crippen molar-refractivity contribution in [3.8, 4) is 11.3 Å². The normalized spacial score (nSPS) is 23.5. The van der Waals surface area contributed by atoms with E-state index in [1.165, 1.54) is 0 Å². The van der Waals surface area contributed by atoms with Crippen molar-refractivity contribution in [3.05, 3.63) is 69.9 Å². The van der Waals surface area contributed by atoms with Crippen LogP contribution in [0.25, 0.3) is 11.3 Å². The summed E-state index contributed by atoms with van der Waals surface area (Å²) in [5, 5.41) is 8.50. The molecule has 3 atom stereocenters. The first-order chi connectivity index (χ1) is 17.1. The van der Waals surface area contributed by atoms with Crippen LogP contribution in [-0.4, -0.2) is 34.3 Å². The zero-order chi connectivity index (χ0) is 23.9. The van der Waals surface area contributed by atoms with Crippen molar-refractivity contribution in [2.75, 3.05) is 5.32 Å². The van der Waals surface area contributed by atoms with E-state index < -0.39 is 0 Å². The smallest absolute Gasteiger partial charge is 0.322 e. The number of halogens is 2. The fourth-order valence-electron chi connectivity index (χ4n) is 5.55. The van der Waals surface area contributed by atoms with Crippen LogP contribution in [-0.2, 0) is 11.3 Å². The van der Waals surface area contributed by atoms with Crippen molar-refractivity contribution in [1.82, 2.24) is 10.1 Å². The molecule has 2 unspecified atom stereocenters. The van der Waals surface area contributed by atoms with E-state index in [-0.39, 0.29) is 24.2 Å². The van der Waals surface area contributed by atoms with Gasteiger partial charge in [-0.25, -0.2) is 4.79 Å². The van der Waals surface area contributed by atoms with Crippen LogP contribution in [0.3, 0.4) is 0 Å². The summed E-state index contributed by atoms with van der Waals surface area (Å²) in [7, 11) is 0. The third-order valence-corrected chi connectivity index (χ3v) is 8.01. The Morgan fingerprint density at radius 2 is 1.69 bits per heavy atom. The number of anilines is 1. The molecule has 2 bridgehead atoms. The summed E-state index contributed by atoms with van der Waals surface area (Å²) >= 11 is 13.0. The maximum absolute atomic E-state index is 13.0. The minimum Gasteiger partial charge on any atom is -0.373 e. The highest BCUT2D eigenvalue weighted by molar-refractivity contribution is 6.39. The summed E-state index contributed by atoms with van der Waals surface area (Å²) in [5.41, 5.74) is 3.13. The second-order valence-corrected chi connectivity index (χ2v) is 10.6. The highest BCUT2D eigenvalue weighted by atomic mass is 35.5. The van der Waals surface area contributed by atoms with Gasteiger partial charge in [-0.1, -0.05) is 52.6 Å². The minimum atomic E-state index is -0.0205. The summed E-state index contributed by atoms with van der Waals surface area (Å²) in [5.74, 6) is 1.27. The lowest BCUT2D eigenvalue weighted by molar-refractivity contribution is -0.0158. The lowest BCUT2D eigenvalue weighted by Crippen LogP contribution is -2.50. The molecule has 1 aliphatic carbocycles. The average Bonchev–Trinajstić information content (AvgIpc) is 3.55. The first kappa shape index (κ1) is 22.9. The highest BCUT2D eigenvalue weighted by Gasteiger charge is 2.44. The third-order valence-electron chi connectivity index (χ3n) is 7.38. The minimum absolute atomic E-state index is 0.0205. The Labute approximate surface area is 214 Å². The predicted octanol–water partition coefficient (Wildman–Crippen LogP) is 7.27. The summed E-state index contributed by atoms with van der Waals surface area (Å²) < 4.78 is 12.2. The van der Waals surface area contributed by atoms with Gasteiger partial charge in [-0.2, -0.15) is 0 Å². The van der Waals surface area contributed by atoms with Crippen molar-refractivity contribution in [2.24, 2.45) is 0 Å². The Balaban J connectivity index is 1.16. The number of piperidine rings is 1. The number of nitrogens with one attached hydrogen (secondary N) is 1. The average molecular weight is 512 g/mol. The second kappa shape index (κ2) is 9.49. The molecule has 2 aromatic carbocycles. The van der Waals surface area contributed by atoms with E-state index in [1.54, 1.807) is 0 Å². The fraction of sp³-hybridized carbons (Fsp3) is 0.407. The number of nitrogens with zero attached hydrogens (tertiary/aromatic N) is 2. The molecule has 35 heavy (non-hydrogen) atoms. The molecule has 6 rings (SSSR count). The molecule has 0 radical (unpaired) electrons. The van der Waals surface area contributed by atoms with Gasteiger partial charge in [-0.15, -0.1) is 0 Å². The molecule has 3 aromatic rings. The lowest BCUT2D eigenvalue weighted by atomic mass is 9.99. The molecule has 3 aliphatic rings. The Morgan fingerprint density at radius 3 is 2.34 bits per heavy atom. The van der Waals surface area contributed by atoms with Gasteiger partial charge >= 0.3 is 6.03 Å². The Bertz CT molecular complexity index is 1190. The molecule has 1 aromatic heterocycles. The summed E-state index contributed by atoms with van der Waals surface area (Å²) in [6, 6.07) is 15.4. The molecule has 6 nitrogen and oxygen atoms in total. The van der Waals surface area contributed by atoms with Crippen LogP contribution in [0, 0.1) is 0 Å². The number of carbonyl (C=O) groups excluding carboxylic acids is 1. The number of ether oxygens (including phenoxy) is 1. The van der Waals surface area contributed by atoms with Gasteiger partial charge < -0.3 is 19.5 Å². The topological polar surface area (TPSA) is 67.6 Å². The summed E-state index contributed by atoms with van der Waals surface area (Å²) in [6.07, 6.45) is 5.93. The molecule has 2 saturated heterocycles. The molecule has 3 fully saturated rings. The molecule has 3 heterocycles. The number of rotatable bonds is 6. The quantitative estimate of drug-likeness (QED) is 0.377. The number of amides is 2. The number of fused-ring (bicyclic) bond motifs is 2. The molecular weight excluding hydrogens is 485 g/mol. The van der Waals surface area contributed by atoms with E-state index >= 15 is 0 Å². The van der Waals surface area contributed by atoms with Crippen molar-refractivity contribution >= 4 is 34.9 Å². The number of para-hydroxylation sites is 1. The first-order valence-corrected chi connectivity index (χ1v) is 13.0. The first-order valence-electron chi connectivity index (χ1n) is 12.3. The van der Waals surface area contributed by atoms with Crippen molar-refractivity contribution in [2.45, 2.75) is 69.2 Å². The van der Waals surface area contributed by atoms with E-state index in [1.807, 2.05) is 53.4 Å². The zero-order valence-electron chi connectivity index (χ0n) is 19.3. The van der Waals surface area contributed by atoms with E-state index in [2.05, 4.69) is 10.5 Å². The Hall–Kier alpha value is -2.54. The van der Waals surface area contributed by atoms with Crippen molar-refractivity contribution < 1.29 is 14.1 Å². The van der Waals surface area contributed by atoms with Crippen LogP contribution in [0.5, 0.6) is 0 Å². The van der Waals surface area contributed by atoms with E-state index in [4.69, 9.17) is 32.5 Å². The molecule has 1 N–H and O–H groups in total. The third kappa shape index (κ3) is 4.55. The maximum Gasteiger partial charge on any atom is 0.322 e. The molecule has 1 saturated carbocycles. The number of urea groups is 1. The van der Waals surface area contributed by atoms with Crippen LogP contribution in [0.1, 0.15) is 55.8 Å². The number of aromatic nitrogens is 1. The second-order valence-electron chi connectivity index (χ2n) is 9.74. The van der Waals surface area contributed by atoms with Gasteiger partial charge in [0, 0.05) is 34.8 Å². The van der Waals surface area contributed by atoms with E-state index in [0.29, 0.717) is 33.8 Å². The maximum atomic E-state index is 13.0. The number of benzene rings is 2. The monoisotopic (exact) mass is 511 g/mol. The Kier molecular flexibility index (Phi) is 6.21. The summed E-state index contributed by atoms with van der Waals surface area (Å²) in [6.45, 7) is 0.395. The summed E-state index contributed by atoms with van der Waals surface area (Å²) in [4.78, 5) is 15.0. The van der Waals surface area contributed by atoms with E-state index in [9.17, 15) is 4.79 Å². The van der Waals surface area contributed by atoms with Crippen LogP contribution < -0.4 is 5.32 Å². The standard InChI is InChI=1S/C27H27Cl2N3O3/c28-22-7-4-8-23(29)24(22)25-21(26(35-31-25)16-9-10-16)15-34-20-13-18-11-12-19(14-20)32(18)27(33)30-17-5-2-1-3-6-17/h1-8,16,18-20H,9-15H2,(H,30,33)/t18-,19?,20?/m0/s1. The molecule has 2 amide bonds. The van der Waals surface area contributed by atoms with Crippen molar-refractivity contribution in [3.63, 3.8) is 0 Å². The van der Waals surface area contributed by atoms with Gasteiger partial charge in [0.25, 0.3) is 0 Å². The lowest BCUT2D eigenvalue weighted by Gasteiger charge is -2.38. The van der Waals surface area contributed by atoms with E-state index in [0.717, 1.165) is 55.5 Å². The van der Waals surface area contributed by atoms with Crippen LogP contribution in [0.2, 0.25) is 10.0 Å². The van der Waals surface area contributed by atoms with Gasteiger partial charge in [0.15, 0.2) is 0 Å². The molecule has 2 aliphatic heterocycles. The fourth-order valence-corrected chi connectivity index (χ4v) is 6.13. The van der Waals surface area contributed by atoms with Gasteiger partial charge in [-0.05, 0) is 62.8 Å². The van der Waals surface area contributed by atoms with Crippen molar-refractivity contribution in [1.29, 1.82) is 0 Å². The zero-order valence-corrected chi connectivity index (χ0v) is 20.8. The molecule has 8 heteroatoms. The molecule has 0 spiro atoms. The SMILES string of the molecule is O=C(Nc1ccccc1)N1C2CC[C@H]1CC(OCc1c(-c3c(Cl)cccc3Cl)noc1C1CC1)C2. The number of carbonyl (C=O) groups is 1. The van der Waals surface area contributed by atoms with Crippen LogP contribution in [0.15, 0.2) is 53.1 Å². The van der Waals surface area contributed by atoms with Gasteiger partial charge in [0.05, 0.1) is 22.8 Å². The van der Waals surface area contributed by atoms with Gasteiger partial charge in [-0.3, -0.25) is 0 Å².